The maximum absolute atomic E-state index is 13.6. The first kappa shape index (κ1) is 19.2. The molecular weight excluding hydrogens is 394 g/mol. The molecule has 0 aromatic heterocycles. The van der Waals surface area contributed by atoms with Crippen LogP contribution in [0.1, 0.15) is 18.4 Å². The van der Waals surface area contributed by atoms with E-state index in [0.29, 0.717) is 18.0 Å². The van der Waals surface area contributed by atoms with Gasteiger partial charge >= 0.3 is 0 Å². The van der Waals surface area contributed by atoms with Gasteiger partial charge in [0.1, 0.15) is 5.82 Å². The van der Waals surface area contributed by atoms with E-state index in [0.717, 1.165) is 25.6 Å². The van der Waals surface area contributed by atoms with Crippen LogP contribution in [0.15, 0.2) is 29.3 Å². The Balaban J connectivity index is 0.00000242. The molecule has 0 bridgehead atoms. The number of benzene rings is 1. The van der Waals surface area contributed by atoms with Crippen molar-refractivity contribution in [3.05, 3.63) is 35.6 Å². The van der Waals surface area contributed by atoms with Crippen molar-refractivity contribution in [3.8, 4) is 0 Å². The number of nitrogens with one attached hydrogen (secondary N) is 2. The number of nitrogens with zero attached hydrogens (tertiary/aromatic N) is 2. The lowest BCUT2D eigenvalue weighted by molar-refractivity contribution is 0.220. The van der Waals surface area contributed by atoms with Gasteiger partial charge in [0.2, 0.25) is 0 Å². The molecule has 0 amide bonds. The smallest absolute Gasteiger partial charge is 0.191 e. The maximum atomic E-state index is 13.6. The Morgan fingerprint density at radius 2 is 1.95 bits per heavy atom. The van der Waals surface area contributed by atoms with Crippen molar-refractivity contribution in [1.82, 2.24) is 15.5 Å². The molecule has 124 valence electrons. The zero-order valence-corrected chi connectivity index (χ0v) is 15.6. The van der Waals surface area contributed by atoms with Gasteiger partial charge in [-0.05, 0) is 45.0 Å². The predicted molar refractivity (Wildman–Crippen MR) is 100 cm³/mol. The number of aliphatic imine (C=N–C) groups is 1. The Morgan fingerprint density at radius 3 is 2.59 bits per heavy atom. The van der Waals surface area contributed by atoms with Crippen molar-refractivity contribution in [2.45, 2.75) is 19.4 Å². The van der Waals surface area contributed by atoms with Gasteiger partial charge in [0.15, 0.2) is 5.96 Å². The van der Waals surface area contributed by atoms with Crippen LogP contribution < -0.4 is 10.6 Å². The number of guanidine groups is 1. The quantitative estimate of drug-likeness (QED) is 0.447. The maximum Gasteiger partial charge on any atom is 0.191 e. The summed E-state index contributed by atoms with van der Waals surface area (Å²) in [6.07, 6.45) is 2.43. The molecular formula is C16H26FIN4. The van der Waals surface area contributed by atoms with Crippen molar-refractivity contribution in [1.29, 1.82) is 0 Å². The highest BCUT2D eigenvalue weighted by Gasteiger charge is 2.16. The van der Waals surface area contributed by atoms with Gasteiger partial charge in [-0.1, -0.05) is 18.2 Å². The van der Waals surface area contributed by atoms with E-state index in [9.17, 15) is 4.39 Å². The van der Waals surface area contributed by atoms with Gasteiger partial charge in [-0.25, -0.2) is 4.39 Å². The average molecular weight is 420 g/mol. The van der Waals surface area contributed by atoms with Gasteiger partial charge in [0.25, 0.3) is 0 Å². The molecule has 2 N–H and O–H groups in total. The topological polar surface area (TPSA) is 39.7 Å². The number of piperidine rings is 1. The van der Waals surface area contributed by atoms with Crippen LogP contribution >= 0.6 is 24.0 Å². The zero-order valence-electron chi connectivity index (χ0n) is 13.3. The third-order valence-corrected chi connectivity index (χ3v) is 4.02. The first-order valence-corrected chi connectivity index (χ1v) is 7.55. The van der Waals surface area contributed by atoms with Crippen molar-refractivity contribution in [3.63, 3.8) is 0 Å². The molecule has 1 aliphatic rings. The minimum Gasteiger partial charge on any atom is -0.356 e. The Morgan fingerprint density at radius 1 is 1.27 bits per heavy atom. The van der Waals surface area contributed by atoms with E-state index in [1.807, 2.05) is 6.07 Å². The molecule has 0 spiro atoms. The molecule has 0 aliphatic carbocycles. The van der Waals surface area contributed by atoms with E-state index in [1.54, 1.807) is 19.2 Å². The lowest BCUT2D eigenvalue weighted by atomic mass is 9.97. The summed E-state index contributed by atoms with van der Waals surface area (Å²) in [5.41, 5.74) is 0.653. The molecule has 2 rings (SSSR count). The van der Waals surface area contributed by atoms with Crippen LogP contribution in [0.5, 0.6) is 0 Å². The second kappa shape index (κ2) is 9.99. The number of likely N-dealkylation sites (tertiary alicyclic amines) is 1. The first-order chi connectivity index (χ1) is 10.2. The summed E-state index contributed by atoms with van der Waals surface area (Å²) in [6, 6.07) is 6.80. The van der Waals surface area contributed by atoms with Crippen LogP contribution in [-0.4, -0.2) is 44.6 Å². The predicted octanol–water partition coefficient (Wildman–Crippen LogP) is 2.45. The fourth-order valence-corrected chi connectivity index (χ4v) is 2.55. The van der Waals surface area contributed by atoms with Gasteiger partial charge in [-0.3, -0.25) is 4.99 Å². The van der Waals surface area contributed by atoms with Gasteiger partial charge in [-0.15, -0.1) is 24.0 Å². The van der Waals surface area contributed by atoms with E-state index in [4.69, 9.17) is 0 Å². The highest BCUT2D eigenvalue weighted by molar-refractivity contribution is 14.0. The van der Waals surface area contributed by atoms with Crippen LogP contribution in [0.4, 0.5) is 4.39 Å². The summed E-state index contributed by atoms with van der Waals surface area (Å²) in [7, 11) is 3.91. The van der Waals surface area contributed by atoms with Crippen molar-refractivity contribution in [2.75, 3.05) is 33.7 Å². The summed E-state index contributed by atoms with van der Waals surface area (Å²) in [6.45, 7) is 3.69. The minimum absolute atomic E-state index is 0. The molecule has 0 saturated carbocycles. The van der Waals surface area contributed by atoms with E-state index >= 15 is 0 Å². The normalized spacial score (nSPS) is 17.0. The molecule has 0 atom stereocenters. The minimum atomic E-state index is -0.184. The van der Waals surface area contributed by atoms with Gasteiger partial charge in [0, 0.05) is 25.7 Å². The molecule has 0 unspecified atom stereocenters. The fraction of sp³-hybridized carbons (Fsp3) is 0.562. The van der Waals surface area contributed by atoms with Crippen LogP contribution in [0.25, 0.3) is 0 Å². The van der Waals surface area contributed by atoms with E-state index in [-0.39, 0.29) is 29.8 Å². The highest BCUT2D eigenvalue weighted by Crippen LogP contribution is 2.14. The standard InChI is InChI=1S/C16H25FN4.HI/c1-18-16(19-11-13-7-9-21(2)10-8-13)20-12-14-5-3-4-6-15(14)17;/h3-6,13H,7-12H2,1-2H3,(H2,18,19,20);1H. The molecule has 1 saturated heterocycles. The zero-order chi connectivity index (χ0) is 15.1. The third kappa shape index (κ3) is 6.08. The Labute approximate surface area is 149 Å². The second-order valence-electron chi connectivity index (χ2n) is 5.64. The fourth-order valence-electron chi connectivity index (χ4n) is 2.55. The van der Waals surface area contributed by atoms with Crippen molar-refractivity contribution >= 4 is 29.9 Å². The summed E-state index contributed by atoms with van der Waals surface area (Å²) in [4.78, 5) is 6.56. The molecule has 1 aromatic carbocycles. The number of hydrogen-bond donors (Lipinski definition) is 2. The van der Waals surface area contributed by atoms with Crippen molar-refractivity contribution in [2.24, 2.45) is 10.9 Å². The second-order valence-corrected chi connectivity index (χ2v) is 5.64. The molecule has 1 fully saturated rings. The van der Waals surface area contributed by atoms with E-state index in [1.165, 1.54) is 18.9 Å². The van der Waals surface area contributed by atoms with Crippen LogP contribution in [0.3, 0.4) is 0 Å². The molecule has 6 heteroatoms. The number of halogens is 2. The number of rotatable bonds is 4. The molecule has 4 nitrogen and oxygen atoms in total. The van der Waals surface area contributed by atoms with Gasteiger partial charge in [-0.2, -0.15) is 0 Å². The summed E-state index contributed by atoms with van der Waals surface area (Å²) < 4.78 is 13.6. The van der Waals surface area contributed by atoms with Crippen LogP contribution in [-0.2, 0) is 6.54 Å². The third-order valence-electron chi connectivity index (χ3n) is 4.02. The molecule has 0 radical (unpaired) electrons. The molecule has 22 heavy (non-hydrogen) atoms. The SMILES string of the molecule is CN=C(NCc1ccccc1F)NCC1CCN(C)CC1.I. The largest absolute Gasteiger partial charge is 0.356 e. The highest BCUT2D eigenvalue weighted by atomic mass is 127. The molecule has 1 heterocycles. The molecule has 1 aliphatic heterocycles. The summed E-state index contributed by atoms with van der Waals surface area (Å²) in [5.74, 6) is 1.24. The molecule has 1 aromatic rings. The number of hydrogen-bond acceptors (Lipinski definition) is 2. The van der Waals surface area contributed by atoms with Gasteiger partial charge in [0.05, 0.1) is 0 Å². The Bertz CT molecular complexity index is 473. The van der Waals surface area contributed by atoms with Gasteiger partial charge < -0.3 is 15.5 Å². The van der Waals surface area contributed by atoms with Crippen LogP contribution in [0, 0.1) is 11.7 Å². The first-order valence-electron chi connectivity index (χ1n) is 7.55. The van der Waals surface area contributed by atoms with E-state index < -0.39 is 0 Å². The Kier molecular flexibility index (Phi) is 8.70. The summed E-state index contributed by atoms with van der Waals surface area (Å²) in [5, 5.41) is 6.50. The summed E-state index contributed by atoms with van der Waals surface area (Å²) >= 11 is 0. The van der Waals surface area contributed by atoms with Crippen LogP contribution in [0.2, 0.25) is 0 Å². The van der Waals surface area contributed by atoms with Crippen molar-refractivity contribution < 1.29 is 4.39 Å². The Hall–Kier alpha value is -0.890. The van der Waals surface area contributed by atoms with E-state index in [2.05, 4.69) is 27.6 Å². The lowest BCUT2D eigenvalue weighted by Crippen LogP contribution is -2.42. The average Bonchev–Trinajstić information content (AvgIpc) is 2.51. The monoisotopic (exact) mass is 420 g/mol. The lowest BCUT2D eigenvalue weighted by Gasteiger charge is -2.29.